The Kier molecular flexibility index (Phi) is 4.42. The minimum Gasteiger partial charge on any atom is -0.337 e. The largest absolute Gasteiger partial charge is 0.337 e. The van der Waals surface area contributed by atoms with Crippen LogP contribution in [0.15, 0.2) is 24.3 Å². The third-order valence-electron chi connectivity index (χ3n) is 3.80. The topological polar surface area (TPSA) is 40.6 Å². The Morgan fingerprint density at radius 1 is 1.35 bits per heavy atom. The molecule has 2 amide bonds. The number of carbonyl (C=O) groups is 2. The molecule has 108 valence electrons. The maximum Gasteiger partial charge on any atom is 0.316 e. The molecular formula is C16H22N2O2. The van der Waals surface area contributed by atoms with Crippen LogP contribution in [-0.2, 0) is 16.0 Å². The Bertz CT molecular complexity index is 513. The van der Waals surface area contributed by atoms with Gasteiger partial charge >= 0.3 is 11.8 Å². The highest BCUT2D eigenvalue weighted by Gasteiger charge is 2.35. The number of anilines is 1. The first-order chi connectivity index (χ1) is 9.56. The van der Waals surface area contributed by atoms with Crippen LogP contribution in [0, 0.1) is 0 Å². The number of hydrogen-bond donors (Lipinski definition) is 0. The molecule has 2 rings (SSSR count). The van der Waals surface area contributed by atoms with Gasteiger partial charge in [-0.25, -0.2) is 0 Å². The van der Waals surface area contributed by atoms with Gasteiger partial charge in [0.05, 0.1) is 0 Å². The third kappa shape index (κ3) is 2.69. The maximum atomic E-state index is 12.5. The van der Waals surface area contributed by atoms with Gasteiger partial charge in [0.15, 0.2) is 0 Å². The molecule has 1 atom stereocenters. The lowest BCUT2D eigenvalue weighted by atomic mass is 10.1. The average Bonchev–Trinajstić information content (AvgIpc) is 2.78. The number of para-hydroxylation sites is 1. The van der Waals surface area contributed by atoms with Gasteiger partial charge in [-0.05, 0) is 31.4 Å². The third-order valence-corrected chi connectivity index (χ3v) is 3.80. The normalized spacial score (nSPS) is 16.9. The molecule has 4 heteroatoms. The summed E-state index contributed by atoms with van der Waals surface area (Å²) in [6.45, 7) is 4.68. The molecule has 0 N–H and O–H groups in total. The number of amides is 2. The van der Waals surface area contributed by atoms with Crippen LogP contribution in [0.4, 0.5) is 5.69 Å². The minimum atomic E-state index is -0.416. The molecule has 0 saturated carbocycles. The van der Waals surface area contributed by atoms with E-state index in [0.29, 0.717) is 6.54 Å². The van der Waals surface area contributed by atoms with E-state index >= 15 is 0 Å². The zero-order valence-electron chi connectivity index (χ0n) is 12.4. The van der Waals surface area contributed by atoms with Gasteiger partial charge in [0.1, 0.15) is 0 Å². The summed E-state index contributed by atoms with van der Waals surface area (Å²) >= 11 is 0. The van der Waals surface area contributed by atoms with Crippen LogP contribution < -0.4 is 4.90 Å². The standard InChI is InChI=1S/C16H22N2O2/c1-4-5-10-17(3)15(19)16(20)18-12(2)11-13-8-6-7-9-14(13)18/h6-9,12H,4-5,10-11H2,1-3H3. The van der Waals surface area contributed by atoms with Crippen LogP contribution in [0.5, 0.6) is 0 Å². The van der Waals surface area contributed by atoms with E-state index in [0.717, 1.165) is 30.5 Å². The van der Waals surface area contributed by atoms with Gasteiger partial charge in [-0.1, -0.05) is 31.5 Å². The molecule has 0 radical (unpaired) electrons. The molecule has 4 nitrogen and oxygen atoms in total. The monoisotopic (exact) mass is 274 g/mol. The van der Waals surface area contributed by atoms with Crippen molar-refractivity contribution < 1.29 is 9.59 Å². The van der Waals surface area contributed by atoms with E-state index < -0.39 is 11.8 Å². The first kappa shape index (κ1) is 14.6. The molecule has 0 saturated heterocycles. The molecule has 1 aromatic carbocycles. The van der Waals surface area contributed by atoms with Crippen molar-refractivity contribution in [2.24, 2.45) is 0 Å². The van der Waals surface area contributed by atoms with E-state index in [9.17, 15) is 9.59 Å². The number of unbranched alkanes of at least 4 members (excludes halogenated alkanes) is 1. The van der Waals surface area contributed by atoms with Gasteiger partial charge in [0.25, 0.3) is 0 Å². The highest BCUT2D eigenvalue weighted by Crippen LogP contribution is 2.31. The predicted octanol–water partition coefficient (Wildman–Crippen LogP) is 2.22. The van der Waals surface area contributed by atoms with E-state index in [1.54, 1.807) is 11.9 Å². The molecule has 20 heavy (non-hydrogen) atoms. The van der Waals surface area contributed by atoms with Crippen molar-refractivity contribution in [3.63, 3.8) is 0 Å². The smallest absolute Gasteiger partial charge is 0.316 e. The molecule has 1 aliphatic rings. The molecule has 0 spiro atoms. The average molecular weight is 274 g/mol. The summed E-state index contributed by atoms with van der Waals surface area (Å²) in [5.74, 6) is -0.831. The quantitative estimate of drug-likeness (QED) is 0.793. The fourth-order valence-electron chi connectivity index (χ4n) is 2.64. The van der Waals surface area contributed by atoms with Gasteiger partial charge in [-0.15, -0.1) is 0 Å². The Balaban J connectivity index is 2.15. The van der Waals surface area contributed by atoms with Crippen molar-refractivity contribution in [3.8, 4) is 0 Å². The second-order valence-electron chi connectivity index (χ2n) is 5.44. The lowest BCUT2D eigenvalue weighted by Gasteiger charge is -2.25. The fourth-order valence-corrected chi connectivity index (χ4v) is 2.64. The van der Waals surface area contributed by atoms with Gasteiger partial charge in [-0.2, -0.15) is 0 Å². The van der Waals surface area contributed by atoms with Crippen LogP contribution in [0.25, 0.3) is 0 Å². The summed E-state index contributed by atoms with van der Waals surface area (Å²) < 4.78 is 0. The lowest BCUT2D eigenvalue weighted by Crippen LogP contribution is -2.46. The second kappa shape index (κ2) is 6.07. The molecule has 0 aliphatic carbocycles. The van der Waals surface area contributed by atoms with Crippen LogP contribution in [0.1, 0.15) is 32.3 Å². The van der Waals surface area contributed by atoms with Crippen molar-refractivity contribution in [1.82, 2.24) is 4.90 Å². The highest BCUT2D eigenvalue weighted by molar-refractivity contribution is 6.40. The second-order valence-corrected chi connectivity index (χ2v) is 5.44. The number of fused-ring (bicyclic) bond motifs is 1. The number of carbonyl (C=O) groups excluding carboxylic acids is 2. The first-order valence-electron chi connectivity index (χ1n) is 7.22. The van der Waals surface area contributed by atoms with Crippen LogP contribution in [-0.4, -0.2) is 36.3 Å². The van der Waals surface area contributed by atoms with Crippen molar-refractivity contribution in [1.29, 1.82) is 0 Å². The summed E-state index contributed by atoms with van der Waals surface area (Å²) in [5, 5.41) is 0. The Morgan fingerprint density at radius 3 is 2.75 bits per heavy atom. The Labute approximate surface area is 120 Å². The molecule has 0 aromatic heterocycles. The number of rotatable bonds is 3. The van der Waals surface area contributed by atoms with E-state index in [-0.39, 0.29) is 6.04 Å². The lowest BCUT2D eigenvalue weighted by molar-refractivity contribution is -0.143. The Morgan fingerprint density at radius 2 is 2.05 bits per heavy atom. The zero-order chi connectivity index (χ0) is 14.7. The molecule has 1 heterocycles. The predicted molar refractivity (Wildman–Crippen MR) is 79.6 cm³/mol. The van der Waals surface area contributed by atoms with E-state index in [1.807, 2.05) is 31.2 Å². The van der Waals surface area contributed by atoms with Crippen molar-refractivity contribution in [3.05, 3.63) is 29.8 Å². The van der Waals surface area contributed by atoms with E-state index in [1.165, 1.54) is 4.90 Å². The molecule has 1 aliphatic heterocycles. The minimum absolute atomic E-state index is 0.0448. The summed E-state index contributed by atoms with van der Waals surface area (Å²) in [6.07, 6.45) is 2.74. The van der Waals surface area contributed by atoms with Crippen molar-refractivity contribution >= 4 is 17.5 Å². The van der Waals surface area contributed by atoms with Gasteiger partial charge < -0.3 is 9.80 Å². The van der Waals surface area contributed by atoms with Gasteiger partial charge in [-0.3, -0.25) is 9.59 Å². The van der Waals surface area contributed by atoms with Crippen LogP contribution in [0.3, 0.4) is 0 Å². The molecule has 1 unspecified atom stereocenters. The summed E-state index contributed by atoms with van der Waals surface area (Å²) in [5.41, 5.74) is 2.01. The summed E-state index contributed by atoms with van der Waals surface area (Å²) in [7, 11) is 1.70. The summed E-state index contributed by atoms with van der Waals surface area (Å²) in [4.78, 5) is 27.9. The molecule has 0 fully saturated rings. The molecule has 0 bridgehead atoms. The summed E-state index contributed by atoms with van der Waals surface area (Å²) in [6, 6.07) is 7.85. The fraction of sp³-hybridized carbons (Fsp3) is 0.500. The van der Waals surface area contributed by atoms with Crippen molar-refractivity contribution in [2.45, 2.75) is 39.2 Å². The number of nitrogens with zero attached hydrogens (tertiary/aromatic N) is 2. The zero-order valence-corrected chi connectivity index (χ0v) is 12.4. The van der Waals surface area contributed by atoms with E-state index in [2.05, 4.69) is 6.92 Å². The van der Waals surface area contributed by atoms with Crippen molar-refractivity contribution in [2.75, 3.05) is 18.5 Å². The molecule has 1 aromatic rings. The van der Waals surface area contributed by atoms with Gasteiger partial charge in [0.2, 0.25) is 0 Å². The SMILES string of the molecule is CCCCN(C)C(=O)C(=O)N1c2ccccc2CC1C. The van der Waals surface area contributed by atoms with Gasteiger partial charge in [0, 0.05) is 25.3 Å². The van der Waals surface area contributed by atoms with E-state index in [4.69, 9.17) is 0 Å². The Hall–Kier alpha value is -1.84. The molecular weight excluding hydrogens is 252 g/mol. The number of hydrogen-bond acceptors (Lipinski definition) is 2. The maximum absolute atomic E-state index is 12.5. The number of benzene rings is 1. The highest BCUT2D eigenvalue weighted by atomic mass is 16.2. The van der Waals surface area contributed by atoms with Crippen LogP contribution >= 0.6 is 0 Å². The number of likely N-dealkylation sites (N-methyl/N-ethyl adjacent to an activating group) is 1. The first-order valence-corrected chi connectivity index (χ1v) is 7.22. The van der Waals surface area contributed by atoms with Crippen LogP contribution in [0.2, 0.25) is 0 Å².